The van der Waals surface area contributed by atoms with Gasteiger partial charge in [-0.3, -0.25) is 9.78 Å². The van der Waals surface area contributed by atoms with Crippen LogP contribution >= 0.6 is 0 Å². The number of nitrogens with zero attached hydrogens (tertiary/aromatic N) is 2. The highest BCUT2D eigenvalue weighted by Gasteiger charge is 2.33. The van der Waals surface area contributed by atoms with Gasteiger partial charge in [-0.25, -0.2) is 4.39 Å². The van der Waals surface area contributed by atoms with Gasteiger partial charge in [0, 0.05) is 30.4 Å². The number of rotatable bonds is 6. The van der Waals surface area contributed by atoms with Gasteiger partial charge in [-0.1, -0.05) is 12.1 Å². The fourth-order valence-electron chi connectivity index (χ4n) is 4.83. The number of fused-ring (bicyclic) bond motifs is 1. The average molecular weight is 423 g/mol. The molecule has 0 bridgehead atoms. The van der Waals surface area contributed by atoms with Gasteiger partial charge in [0.1, 0.15) is 11.5 Å². The second-order valence-corrected chi connectivity index (χ2v) is 9.00. The van der Waals surface area contributed by atoms with Crippen LogP contribution in [-0.4, -0.2) is 39.4 Å². The van der Waals surface area contributed by atoms with E-state index in [9.17, 15) is 9.18 Å². The number of halogens is 1. The van der Waals surface area contributed by atoms with Crippen molar-refractivity contribution in [2.75, 3.05) is 6.54 Å². The molecule has 0 aliphatic heterocycles. The Hall–Kier alpha value is -2.73. The molecule has 1 saturated carbocycles. The van der Waals surface area contributed by atoms with Crippen molar-refractivity contribution in [3.63, 3.8) is 0 Å². The second kappa shape index (κ2) is 8.79. The van der Waals surface area contributed by atoms with Gasteiger partial charge < -0.3 is 15.2 Å². The fourth-order valence-corrected chi connectivity index (χ4v) is 4.83. The summed E-state index contributed by atoms with van der Waals surface area (Å²) in [6, 6.07) is 12.8. The number of carbonyl (C=O) groups excluding carboxylic acids is 1. The lowest BCUT2D eigenvalue weighted by molar-refractivity contribution is 0.0614. The van der Waals surface area contributed by atoms with Crippen molar-refractivity contribution in [3.8, 4) is 0 Å². The molecule has 0 radical (unpaired) electrons. The minimum Gasteiger partial charge on any atom is -0.349 e. The molecule has 1 aliphatic carbocycles. The molecule has 4 rings (SSSR count). The van der Waals surface area contributed by atoms with Gasteiger partial charge in [-0.05, 0) is 82.3 Å². The SMILES string of the molecule is CCN(C(=O)c1cc2ncccc2[nH]1)C1CCCC(NC(C)(C)c2ccc(F)cc2)C1. The predicted molar refractivity (Wildman–Crippen MR) is 121 cm³/mol. The van der Waals surface area contributed by atoms with Gasteiger partial charge in [-0.2, -0.15) is 0 Å². The zero-order valence-corrected chi connectivity index (χ0v) is 18.5. The number of nitrogens with one attached hydrogen (secondary N) is 2. The van der Waals surface area contributed by atoms with E-state index in [1.54, 1.807) is 6.20 Å². The monoisotopic (exact) mass is 422 g/mol. The van der Waals surface area contributed by atoms with Gasteiger partial charge >= 0.3 is 0 Å². The number of hydrogen-bond donors (Lipinski definition) is 2. The molecule has 2 unspecified atom stereocenters. The first-order valence-corrected chi connectivity index (χ1v) is 11.2. The fraction of sp³-hybridized carbons (Fsp3) is 0.440. The number of benzene rings is 1. The summed E-state index contributed by atoms with van der Waals surface area (Å²) in [5, 5.41) is 3.76. The maximum Gasteiger partial charge on any atom is 0.270 e. The molecule has 2 aromatic heterocycles. The molecule has 2 atom stereocenters. The van der Waals surface area contributed by atoms with Crippen LogP contribution in [0.25, 0.3) is 11.0 Å². The van der Waals surface area contributed by atoms with Crippen molar-refractivity contribution in [2.45, 2.75) is 64.1 Å². The van der Waals surface area contributed by atoms with Gasteiger partial charge in [0.15, 0.2) is 0 Å². The largest absolute Gasteiger partial charge is 0.349 e. The topological polar surface area (TPSA) is 61.0 Å². The zero-order chi connectivity index (χ0) is 22.0. The number of pyridine rings is 1. The van der Waals surface area contributed by atoms with Crippen molar-refractivity contribution < 1.29 is 9.18 Å². The standard InChI is InChI=1S/C25H31FN4O/c1-4-30(24(31)23-16-22-21(28-23)9-6-14-27-22)20-8-5-7-19(15-20)29-25(2,3)17-10-12-18(26)13-11-17/h6,9-14,16,19-20,28-29H,4-5,7-8,15H2,1-3H3. The molecule has 3 aromatic rings. The van der Waals surface area contributed by atoms with Crippen molar-refractivity contribution in [1.29, 1.82) is 0 Å². The summed E-state index contributed by atoms with van der Waals surface area (Å²) in [5.74, 6) is -0.189. The molecule has 1 amide bonds. The lowest BCUT2D eigenvalue weighted by Crippen LogP contribution is -2.51. The van der Waals surface area contributed by atoms with Crippen LogP contribution in [0, 0.1) is 5.82 Å². The molecule has 164 valence electrons. The van der Waals surface area contributed by atoms with E-state index in [0.717, 1.165) is 42.3 Å². The maximum absolute atomic E-state index is 13.3. The smallest absolute Gasteiger partial charge is 0.270 e. The highest BCUT2D eigenvalue weighted by atomic mass is 19.1. The molecule has 1 aromatic carbocycles. The average Bonchev–Trinajstić information content (AvgIpc) is 3.19. The molecule has 5 nitrogen and oxygen atoms in total. The number of hydrogen-bond acceptors (Lipinski definition) is 3. The third-order valence-electron chi connectivity index (χ3n) is 6.44. The van der Waals surface area contributed by atoms with Crippen molar-refractivity contribution in [2.24, 2.45) is 0 Å². The summed E-state index contributed by atoms with van der Waals surface area (Å²) in [6.07, 6.45) is 5.79. The van der Waals surface area contributed by atoms with Gasteiger partial charge in [0.05, 0.1) is 11.0 Å². The van der Waals surface area contributed by atoms with E-state index in [4.69, 9.17) is 0 Å². The summed E-state index contributed by atoms with van der Waals surface area (Å²) in [6.45, 7) is 6.97. The molecule has 1 fully saturated rings. The Morgan fingerprint density at radius 1 is 1.26 bits per heavy atom. The Balaban J connectivity index is 1.47. The lowest BCUT2D eigenvalue weighted by Gasteiger charge is -2.40. The van der Waals surface area contributed by atoms with Crippen LogP contribution in [0.1, 0.15) is 62.5 Å². The minimum atomic E-state index is -0.274. The Labute approximate surface area is 183 Å². The van der Waals surface area contributed by atoms with Gasteiger partial charge in [-0.15, -0.1) is 0 Å². The van der Waals surface area contributed by atoms with Crippen LogP contribution < -0.4 is 5.32 Å². The van der Waals surface area contributed by atoms with Crippen LogP contribution in [-0.2, 0) is 5.54 Å². The van der Waals surface area contributed by atoms with Crippen LogP contribution in [0.3, 0.4) is 0 Å². The molecular formula is C25H31FN4O. The normalized spacial score (nSPS) is 19.5. The van der Waals surface area contributed by atoms with Gasteiger partial charge in [0.25, 0.3) is 5.91 Å². The van der Waals surface area contributed by atoms with E-state index in [0.29, 0.717) is 18.3 Å². The Morgan fingerprint density at radius 2 is 2.03 bits per heavy atom. The summed E-state index contributed by atoms with van der Waals surface area (Å²) in [5.41, 5.74) is 3.07. The Kier molecular flexibility index (Phi) is 6.10. The number of aromatic amines is 1. The highest BCUT2D eigenvalue weighted by Crippen LogP contribution is 2.29. The van der Waals surface area contributed by atoms with E-state index >= 15 is 0 Å². The molecule has 6 heteroatoms. The first-order valence-electron chi connectivity index (χ1n) is 11.2. The van der Waals surface area contributed by atoms with E-state index < -0.39 is 0 Å². The second-order valence-electron chi connectivity index (χ2n) is 9.00. The van der Waals surface area contributed by atoms with E-state index in [1.807, 2.05) is 42.2 Å². The first-order chi connectivity index (χ1) is 14.9. The van der Waals surface area contributed by atoms with Crippen LogP contribution in [0.4, 0.5) is 4.39 Å². The van der Waals surface area contributed by atoms with E-state index in [2.05, 4.69) is 29.1 Å². The minimum absolute atomic E-state index is 0.0314. The molecule has 2 heterocycles. The molecule has 0 saturated heterocycles. The quantitative estimate of drug-likeness (QED) is 0.588. The van der Waals surface area contributed by atoms with Crippen LogP contribution in [0.15, 0.2) is 48.7 Å². The molecule has 2 N–H and O–H groups in total. The number of aromatic nitrogens is 2. The van der Waals surface area contributed by atoms with Crippen molar-refractivity contribution >= 4 is 16.9 Å². The lowest BCUT2D eigenvalue weighted by atomic mass is 9.86. The van der Waals surface area contributed by atoms with E-state index in [1.165, 1.54) is 12.1 Å². The highest BCUT2D eigenvalue weighted by molar-refractivity contribution is 5.97. The number of carbonyl (C=O) groups is 1. The summed E-state index contributed by atoms with van der Waals surface area (Å²) in [7, 11) is 0. The molecule has 1 aliphatic rings. The van der Waals surface area contributed by atoms with Crippen molar-refractivity contribution in [1.82, 2.24) is 20.2 Å². The molecular weight excluding hydrogens is 391 g/mol. The van der Waals surface area contributed by atoms with Gasteiger partial charge in [0.2, 0.25) is 0 Å². The summed E-state index contributed by atoms with van der Waals surface area (Å²) >= 11 is 0. The number of amides is 1. The summed E-state index contributed by atoms with van der Waals surface area (Å²) in [4.78, 5) is 22.8. The Bertz CT molecular complexity index is 1010. The zero-order valence-electron chi connectivity index (χ0n) is 18.5. The third kappa shape index (κ3) is 4.64. The first kappa shape index (κ1) is 21.5. The van der Waals surface area contributed by atoms with Crippen molar-refractivity contribution in [3.05, 3.63) is 65.7 Å². The molecule has 31 heavy (non-hydrogen) atoms. The van der Waals surface area contributed by atoms with Crippen LogP contribution in [0.2, 0.25) is 0 Å². The third-order valence-corrected chi connectivity index (χ3v) is 6.44. The maximum atomic E-state index is 13.3. The summed E-state index contributed by atoms with van der Waals surface area (Å²) < 4.78 is 13.3. The van der Waals surface area contributed by atoms with Crippen LogP contribution in [0.5, 0.6) is 0 Å². The predicted octanol–water partition coefficient (Wildman–Crippen LogP) is 5.00. The van der Waals surface area contributed by atoms with E-state index in [-0.39, 0.29) is 23.3 Å². The molecule has 0 spiro atoms. The Morgan fingerprint density at radius 3 is 2.74 bits per heavy atom. The number of H-pyrrole nitrogens is 1.